The van der Waals surface area contributed by atoms with Crippen LogP contribution in [0, 0.1) is 6.92 Å². The highest BCUT2D eigenvalue weighted by molar-refractivity contribution is 6.23. The van der Waals surface area contributed by atoms with Crippen molar-refractivity contribution < 1.29 is 4.42 Å². The van der Waals surface area contributed by atoms with Crippen molar-refractivity contribution >= 4 is 40.3 Å². The second-order valence-corrected chi connectivity index (χ2v) is 13.6. The summed E-state index contributed by atoms with van der Waals surface area (Å²) in [5.74, 6) is 1.11. The molecule has 4 nitrogen and oxygen atoms in total. The van der Waals surface area contributed by atoms with Crippen molar-refractivity contribution in [2.45, 2.75) is 13.8 Å². The Morgan fingerprint density at radius 2 is 1.02 bits per heavy atom. The van der Waals surface area contributed by atoms with E-state index in [1.54, 1.807) is 0 Å². The Labute approximate surface area is 341 Å². The van der Waals surface area contributed by atoms with Gasteiger partial charge in [-0.2, -0.15) is 0 Å². The van der Waals surface area contributed by atoms with E-state index in [-0.39, 0.29) is 0 Å². The molecule has 9 aromatic rings. The summed E-state index contributed by atoms with van der Waals surface area (Å²) in [5, 5.41) is 1.98. The van der Waals surface area contributed by atoms with Crippen LogP contribution < -0.4 is 0 Å². The second kappa shape index (κ2) is 19.4. The molecule has 282 valence electrons. The molecule has 0 spiro atoms. The standard InChI is InChI=1S/C41H31N3O.C7H8.C6H6/c1-3-43-41(44-40(42-2)30-18-11-6-12-19-30)35-24-23-34(33-21-13-20-31(26-33)28-14-7-4-8-15-28)39-38(35)36-27-32(22-25-37(36)45-39)29-16-9-5-10-17-29;1-7-5-3-2-4-6-7;1-2-4-6-5-3-1/h4-27H,2-3H2,1H3;2-6H,1H3;1-6H. The van der Waals surface area contributed by atoms with Crippen LogP contribution in [0.4, 0.5) is 0 Å². The smallest absolute Gasteiger partial charge is 0.161 e. The minimum Gasteiger partial charge on any atom is -0.455 e. The fourth-order valence-electron chi connectivity index (χ4n) is 6.73. The molecule has 4 heteroatoms. The quantitative estimate of drug-likeness (QED) is 0.123. The summed E-state index contributed by atoms with van der Waals surface area (Å²) in [5.41, 5.74) is 11.3. The van der Waals surface area contributed by atoms with E-state index in [0.717, 1.165) is 60.9 Å². The van der Waals surface area contributed by atoms with Gasteiger partial charge in [0, 0.05) is 34.0 Å². The fraction of sp³-hybridized carbons (Fsp3) is 0.0556. The molecule has 8 aromatic carbocycles. The molecule has 0 saturated carbocycles. The van der Waals surface area contributed by atoms with Gasteiger partial charge < -0.3 is 4.42 Å². The highest BCUT2D eigenvalue weighted by atomic mass is 16.3. The Hall–Kier alpha value is -7.43. The van der Waals surface area contributed by atoms with Gasteiger partial charge in [0.15, 0.2) is 11.7 Å². The third-order valence-electron chi connectivity index (χ3n) is 9.56. The Bertz CT molecular complexity index is 2730. The van der Waals surface area contributed by atoms with Crippen LogP contribution in [0.25, 0.3) is 55.3 Å². The van der Waals surface area contributed by atoms with Crippen molar-refractivity contribution in [3.8, 4) is 33.4 Å². The molecular formula is C54H45N3O. The highest BCUT2D eigenvalue weighted by Gasteiger charge is 2.20. The first-order valence-corrected chi connectivity index (χ1v) is 19.5. The molecule has 0 amide bonds. The van der Waals surface area contributed by atoms with E-state index in [4.69, 9.17) is 14.4 Å². The van der Waals surface area contributed by atoms with Crippen molar-refractivity contribution in [3.63, 3.8) is 0 Å². The van der Waals surface area contributed by atoms with Crippen LogP contribution in [0.5, 0.6) is 0 Å². The van der Waals surface area contributed by atoms with Gasteiger partial charge in [0.05, 0.1) is 0 Å². The van der Waals surface area contributed by atoms with E-state index < -0.39 is 0 Å². The zero-order valence-corrected chi connectivity index (χ0v) is 32.9. The summed E-state index contributed by atoms with van der Waals surface area (Å²) in [6, 6.07) is 72.2. The normalized spacial score (nSPS) is 11.3. The molecule has 0 saturated heterocycles. The van der Waals surface area contributed by atoms with Gasteiger partial charge in [0.1, 0.15) is 11.2 Å². The number of hydrogen-bond acceptors (Lipinski definition) is 2. The molecule has 58 heavy (non-hydrogen) atoms. The molecule has 0 unspecified atom stereocenters. The van der Waals surface area contributed by atoms with Gasteiger partial charge in [-0.25, -0.2) is 9.98 Å². The molecule has 1 aromatic heterocycles. The van der Waals surface area contributed by atoms with Crippen molar-refractivity contribution in [1.82, 2.24) is 0 Å². The van der Waals surface area contributed by atoms with E-state index in [0.29, 0.717) is 18.2 Å². The molecule has 0 fully saturated rings. The lowest BCUT2D eigenvalue weighted by Crippen LogP contribution is -2.06. The van der Waals surface area contributed by atoms with E-state index >= 15 is 0 Å². The topological polar surface area (TPSA) is 50.2 Å². The lowest BCUT2D eigenvalue weighted by molar-refractivity contribution is 0.670. The van der Waals surface area contributed by atoms with Crippen LogP contribution in [0.3, 0.4) is 0 Å². The van der Waals surface area contributed by atoms with Crippen molar-refractivity contribution in [3.05, 3.63) is 229 Å². The molecule has 9 rings (SSSR count). The Kier molecular flexibility index (Phi) is 13.0. The number of hydrogen-bond donors (Lipinski definition) is 0. The van der Waals surface area contributed by atoms with Crippen LogP contribution in [-0.4, -0.2) is 24.9 Å². The first-order chi connectivity index (χ1) is 28.6. The van der Waals surface area contributed by atoms with Crippen LogP contribution >= 0.6 is 0 Å². The number of aliphatic imine (C=N–C) groups is 3. The summed E-state index contributed by atoms with van der Waals surface area (Å²) in [4.78, 5) is 14.2. The Morgan fingerprint density at radius 1 is 0.500 bits per heavy atom. The number of rotatable bonds is 6. The minimum absolute atomic E-state index is 0.522. The fourth-order valence-corrected chi connectivity index (χ4v) is 6.73. The Balaban J connectivity index is 0.000000334. The van der Waals surface area contributed by atoms with Gasteiger partial charge in [0.25, 0.3) is 0 Å². The third kappa shape index (κ3) is 9.50. The van der Waals surface area contributed by atoms with Crippen molar-refractivity contribution in [2.24, 2.45) is 15.0 Å². The molecule has 0 N–H and O–H groups in total. The van der Waals surface area contributed by atoms with Crippen molar-refractivity contribution in [2.75, 3.05) is 6.54 Å². The molecule has 0 bridgehead atoms. The maximum atomic E-state index is 6.72. The van der Waals surface area contributed by atoms with Crippen LogP contribution in [0.2, 0.25) is 0 Å². The zero-order chi connectivity index (χ0) is 39.9. The van der Waals surface area contributed by atoms with E-state index in [1.807, 2.05) is 104 Å². The number of amidine groups is 2. The molecule has 0 atom stereocenters. The average molecular weight is 752 g/mol. The SMILES string of the molecule is C=NC(=NC(=NCC)c1ccc(-c2cccc(-c3ccccc3)c2)c2oc3ccc(-c4ccccc4)cc3c12)c1ccccc1.Cc1ccccc1.c1ccccc1. The summed E-state index contributed by atoms with van der Waals surface area (Å²) >= 11 is 0. The van der Waals surface area contributed by atoms with Gasteiger partial charge in [0.2, 0.25) is 0 Å². The second-order valence-electron chi connectivity index (χ2n) is 13.6. The van der Waals surface area contributed by atoms with Gasteiger partial charge in [-0.1, -0.05) is 188 Å². The number of nitrogens with zero attached hydrogens (tertiary/aromatic N) is 3. The summed E-state index contributed by atoms with van der Waals surface area (Å²) < 4.78 is 6.72. The average Bonchev–Trinajstić information content (AvgIpc) is 3.69. The lowest BCUT2D eigenvalue weighted by atomic mass is 9.94. The van der Waals surface area contributed by atoms with Gasteiger partial charge in [-0.15, -0.1) is 0 Å². The van der Waals surface area contributed by atoms with Gasteiger partial charge in [-0.05, 0) is 78.7 Å². The summed E-state index contributed by atoms with van der Waals surface area (Å²) in [6.45, 7) is 8.48. The molecule has 0 aliphatic heterocycles. The van der Waals surface area contributed by atoms with Crippen LogP contribution in [0.15, 0.2) is 232 Å². The van der Waals surface area contributed by atoms with Crippen molar-refractivity contribution in [1.29, 1.82) is 0 Å². The number of aryl methyl sites for hydroxylation is 1. The van der Waals surface area contributed by atoms with Gasteiger partial charge in [-0.3, -0.25) is 4.99 Å². The number of benzene rings is 8. The molecule has 1 heterocycles. The summed E-state index contributed by atoms with van der Waals surface area (Å²) in [7, 11) is 0. The molecule has 0 radical (unpaired) electrons. The lowest BCUT2D eigenvalue weighted by Gasteiger charge is -2.11. The third-order valence-corrected chi connectivity index (χ3v) is 9.56. The maximum absolute atomic E-state index is 6.72. The monoisotopic (exact) mass is 751 g/mol. The minimum atomic E-state index is 0.522. The molecule has 0 aliphatic rings. The maximum Gasteiger partial charge on any atom is 0.161 e. The predicted octanol–water partition coefficient (Wildman–Crippen LogP) is 14.2. The predicted molar refractivity (Wildman–Crippen MR) is 247 cm³/mol. The first kappa shape index (κ1) is 38.8. The largest absolute Gasteiger partial charge is 0.455 e. The number of fused-ring (bicyclic) bond motifs is 3. The summed E-state index contributed by atoms with van der Waals surface area (Å²) in [6.07, 6.45) is 0. The van der Waals surface area contributed by atoms with E-state index in [2.05, 4.69) is 134 Å². The number of furan rings is 1. The van der Waals surface area contributed by atoms with E-state index in [1.165, 1.54) is 11.1 Å². The van der Waals surface area contributed by atoms with Crippen LogP contribution in [0.1, 0.15) is 23.6 Å². The zero-order valence-electron chi connectivity index (χ0n) is 32.9. The van der Waals surface area contributed by atoms with Crippen LogP contribution in [-0.2, 0) is 0 Å². The molecule has 0 aliphatic carbocycles. The first-order valence-electron chi connectivity index (χ1n) is 19.5. The Morgan fingerprint density at radius 3 is 1.57 bits per heavy atom. The highest BCUT2D eigenvalue weighted by Crippen LogP contribution is 2.41. The van der Waals surface area contributed by atoms with E-state index in [9.17, 15) is 0 Å². The van der Waals surface area contributed by atoms with Gasteiger partial charge >= 0.3 is 0 Å². The molecular weight excluding hydrogens is 707 g/mol.